The van der Waals surface area contributed by atoms with E-state index in [1.807, 2.05) is 12.1 Å². The number of nitrogens with two attached hydrogens (primary N) is 1. The van der Waals surface area contributed by atoms with Crippen LogP contribution in [-0.4, -0.2) is 5.97 Å². The average Bonchev–Trinajstić information content (AvgIpc) is 3.00. The van der Waals surface area contributed by atoms with Crippen molar-refractivity contribution in [2.45, 2.75) is 12.5 Å². The number of carbonyl (C=O) groups excluding carboxylic acids is 1. The summed E-state index contributed by atoms with van der Waals surface area (Å²) in [5.41, 5.74) is 7.84. The van der Waals surface area contributed by atoms with Gasteiger partial charge in [0.2, 0.25) is 5.88 Å². The largest absolute Gasteiger partial charge is 0.489 e. The zero-order valence-corrected chi connectivity index (χ0v) is 21.9. The summed E-state index contributed by atoms with van der Waals surface area (Å²) in [6, 6.07) is 28.3. The molecule has 1 unspecified atom stereocenters. The van der Waals surface area contributed by atoms with Crippen molar-refractivity contribution in [2.24, 2.45) is 5.73 Å². The number of rotatable bonds is 6. The van der Waals surface area contributed by atoms with Gasteiger partial charge in [0.05, 0.1) is 5.92 Å². The molecule has 1 aliphatic rings. The molecule has 1 aliphatic heterocycles. The van der Waals surface area contributed by atoms with Gasteiger partial charge in [-0.3, -0.25) is 0 Å². The first-order chi connectivity index (χ1) is 20.4. The number of esters is 1. The van der Waals surface area contributed by atoms with Crippen molar-refractivity contribution < 1.29 is 27.8 Å². The summed E-state index contributed by atoms with van der Waals surface area (Å²) in [5, 5.41) is 10.5. The predicted octanol–water partition coefficient (Wildman–Crippen LogP) is 5.95. The maximum absolute atomic E-state index is 13.2. The highest BCUT2D eigenvalue weighted by Gasteiger charge is 2.31. The molecule has 0 bridgehead atoms. The van der Waals surface area contributed by atoms with Crippen molar-refractivity contribution in [2.75, 3.05) is 0 Å². The van der Waals surface area contributed by atoms with Gasteiger partial charge >= 0.3 is 11.6 Å². The van der Waals surface area contributed by atoms with E-state index in [1.165, 1.54) is 24.3 Å². The Hall–Kier alpha value is -5.88. The summed E-state index contributed by atoms with van der Waals surface area (Å²) in [6.07, 6.45) is 0. The first kappa shape index (κ1) is 26.3. The van der Waals surface area contributed by atoms with Gasteiger partial charge in [-0.1, -0.05) is 48.5 Å². The molecule has 8 nitrogen and oxygen atoms in total. The summed E-state index contributed by atoms with van der Waals surface area (Å²) in [6.45, 7) is 0.263. The van der Waals surface area contributed by atoms with Gasteiger partial charge in [0.15, 0.2) is 0 Å². The third kappa shape index (κ3) is 5.17. The second kappa shape index (κ2) is 10.9. The molecule has 1 atom stereocenters. The maximum atomic E-state index is 13.2. The quantitative estimate of drug-likeness (QED) is 0.154. The van der Waals surface area contributed by atoms with Crippen LogP contribution in [0.4, 0.5) is 4.39 Å². The lowest BCUT2D eigenvalue weighted by Gasteiger charge is -2.26. The Morgan fingerprint density at radius 3 is 2.45 bits per heavy atom. The number of nitriles is 1. The number of nitrogens with zero attached hydrogens (tertiary/aromatic N) is 1. The van der Waals surface area contributed by atoms with Crippen molar-refractivity contribution in [3.63, 3.8) is 0 Å². The van der Waals surface area contributed by atoms with Crippen molar-refractivity contribution >= 4 is 16.9 Å². The monoisotopic (exact) mass is 560 g/mol. The minimum atomic E-state index is -0.890. The van der Waals surface area contributed by atoms with E-state index in [2.05, 4.69) is 6.07 Å². The fraction of sp³-hybridized carbons (Fsp3) is 0.0606. The van der Waals surface area contributed by atoms with Crippen LogP contribution in [0.25, 0.3) is 11.0 Å². The molecule has 1 aromatic heterocycles. The number of benzene rings is 4. The van der Waals surface area contributed by atoms with Gasteiger partial charge < -0.3 is 24.4 Å². The van der Waals surface area contributed by atoms with E-state index >= 15 is 0 Å². The van der Waals surface area contributed by atoms with Gasteiger partial charge in [0.1, 0.15) is 52.5 Å². The van der Waals surface area contributed by atoms with E-state index in [0.717, 1.165) is 11.1 Å². The number of para-hydroxylation sites is 1. The van der Waals surface area contributed by atoms with Crippen LogP contribution in [0.15, 0.2) is 118 Å². The van der Waals surface area contributed by atoms with E-state index in [4.69, 9.17) is 24.4 Å². The zero-order valence-electron chi connectivity index (χ0n) is 21.9. The van der Waals surface area contributed by atoms with Gasteiger partial charge in [0.25, 0.3) is 0 Å². The Morgan fingerprint density at radius 1 is 0.952 bits per heavy atom. The number of halogens is 1. The number of hydrogen-bond donors (Lipinski definition) is 1. The molecule has 5 aromatic rings. The number of ether oxygens (including phenoxy) is 3. The van der Waals surface area contributed by atoms with Crippen LogP contribution < -0.4 is 25.6 Å². The second-order valence-corrected chi connectivity index (χ2v) is 9.48. The molecule has 0 aliphatic carbocycles. The Bertz CT molecular complexity index is 1960. The normalized spacial score (nSPS) is 14.0. The Kier molecular flexibility index (Phi) is 6.87. The summed E-state index contributed by atoms with van der Waals surface area (Å²) in [4.78, 5) is 25.2. The molecule has 0 radical (unpaired) electrons. The van der Waals surface area contributed by atoms with Crippen LogP contribution in [0.2, 0.25) is 0 Å². The third-order valence-corrected chi connectivity index (χ3v) is 6.79. The highest BCUT2D eigenvalue weighted by atomic mass is 19.1. The molecule has 0 saturated heterocycles. The molecule has 0 fully saturated rings. The summed E-state index contributed by atoms with van der Waals surface area (Å²) < 4.78 is 35.4. The molecule has 42 heavy (non-hydrogen) atoms. The van der Waals surface area contributed by atoms with Crippen LogP contribution in [0, 0.1) is 17.1 Å². The van der Waals surface area contributed by atoms with E-state index in [9.17, 15) is 19.2 Å². The van der Waals surface area contributed by atoms with Crippen LogP contribution >= 0.6 is 0 Å². The summed E-state index contributed by atoms with van der Waals surface area (Å²) in [7, 11) is 0. The van der Waals surface area contributed by atoms with Crippen molar-refractivity contribution in [1.29, 1.82) is 5.26 Å². The minimum Gasteiger partial charge on any atom is -0.489 e. The van der Waals surface area contributed by atoms with Crippen molar-refractivity contribution in [3.05, 3.63) is 147 Å². The lowest BCUT2D eigenvalue weighted by Crippen LogP contribution is -2.21. The topological polar surface area (TPSA) is 125 Å². The van der Waals surface area contributed by atoms with Gasteiger partial charge in [-0.25, -0.2) is 14.0 Å². The number of hydrogen-bond acceptors (Lipinski definition) is 8. The first-order valence-corrected chi connectivity index (χ1v) is 12.8. The van der Waals surface area contributed by atoms with Crippen LogP contribution in [0.5, 0.6) is 17.2 Å². The van der Waals surface area contributed by atoms with E-state index < -0.39 is 17.5 Å². The molecule has 6 rings (SSSR count). The Morgan fingerprint density at radius 2 is 1.69 bits per heavy atom. The van der Waals surface area contributed by atoms with Gasteiger partial charge in [-0.15, -0.1) is 0 Å². The van der Waals surface area contributed by atoms with E-state index in [0.29, 0.717) is 28.0 Å². The molecule has 4 aromatic carbocycles. The van der Waals surface area contributed by atoms with Gasteiger partial charge in [0, 0.05) is 17.0 Å². The van der Waals surface area contributed by atoms with Gasteiger partial charge in [-0.2, -0.15) is 5.26 Å². The summed E-state index contributed by atoms with van der Waals surface area (Å²) in [5.74, 6) is -0.840. The standard InChI is InChI=1S/C33H21FN2O6/c34-22-9-5-19(6-10-22)18-39-23-11-7-20(8-12-23)30-25-14-13-24(16-29(25)41-31(36)27(30)17-35)40-32(37)26-15-21-3-1-2-4-28(21)42-33(26)38/h1-16,30H,18,36H2. The first-order valence-electron chi connectivity index (χ1n) is 12.8. The molecule has 9 heteroatoms. The third-order valence-electron chi connectivity index (χ3n) is 6.79. The number of allylic oxidation sites excluding steroid dienone is 1. The molecular weight excluding hydrogens is 539 g/mol. The number of fused-ring (bicyclic) bond motifs is 2. The molecular formula is C33H21FN2O6. The highest BCUT2D eigenvalue weighted by molar-refractivity contribution is 5.94. The minimum absolute atomic E-state index is 0.0784. The summed E-state index contributed by atoms with van der Waals surface area (Å²) >= 11 is 0. The van der Waals surface area contributed by atoms with Gasteiger partial charge in [-0.05, 0) is 53.6 Å². The predicted molar refractivity (Wildman–Crippen MR) is 150 cm³/mol. The highest BCUT2D eigenvalue weighted by Crippen LogP contribution is 2.43. The maximum Gasteiger partial charge on any atom is 0.351 e. The fourth-order valence-electron chi connectivity index (χ4n) is 4.71. The number of carbonyl (C=O) groups is 1. The molecule has 206 valence electrons. The lowest BCUT2D eigenvalue weighted by molar-refractivity contribution is 0.0730. The van der Waals surface area contributed by atoms with Crippen LogP contribution in [-0.2, 0) is 6.61 Å². The van der Waals surface area contributed by atoms with E-state index in [-0.39, 0.29) is 35.2 Å². The Labute approximate surface area is 238 Å². The molecule has 2 heterocycles. The molecule has 0 saturated carbocycles. The van der Waals surface area contributed by atoms with Crippen LogP contribution in [0.3, 0.4) is 0 Å². The molecule has 0 amide bonds. The fourth-order valence-corrected chi connectivity index (χ4v) is 4.71. The smallest absolute Gasteiger partial charge is 0.351 e. The van der Waals surface area contributed by atoms with E-state index in [1.54, 1.807) is 60.7 Å². The molecule has 2 N–H and O–H groups in total. The zero-order chi connectivity index (χ0) is 29.2. The molecule has 0 spiro atoms. The van der Waals surface area contributed by atoms with Crippen LogP contribution in [0.1, 0.15) is 33.0 Å². The second-order valence-electron chi connectivity index (χ2n) is 9.48. The van der Waals surface area contributed by atoms with Crippen molar-refractivity contribution in [3.8, 4) is 23.3 Å². The average molecular weight is 561 g/mol. The SMILES string of the molecule is N#CC1=C(N)Oc2cc(OC(=O)c3cc4ccccc4oc3=O)ccc2C1c1ccc(OCc2ccc(F)cc2)cc1. The lowest BCUT2D eigenvalue weighted by atomic mass is 9.83. The van der Waals surface area contributed by atoms with Crippen molar-refractivity contribution in [1.82, 2.24) is 0 Å². The Balaban J connectivity index is 1.24.